The minimum Gasteiger partial charge on any atom is -0.442 e. The van der Waals surface area contributed by atoms with Gasteiger partial charge in [-0.25, -0.2) is 9.97 Å². The van der Waals surface area contributed by atoms with Crippen LogP contribution in [-0.4, -0.2) is 78.4 Å². The number of nitrogens with one attached hydrogen (secondary N) is 2. The SMILES string of the molecule is CCOc1ccc(CNc2cc(-c3ccccc3)nc3c(Br)cnn23)c[n+]1O.CN(C)CCOc1ccc(CNc2cc(-c3ccccc3)nc3c(Br)cnn23)c[n+]1O. The summed E-state index contributed by atoms with van der Waals surface area (Å²) in [6.45, 7) is 4.61. The number of hydrogen-bond donors (Lipinski definition) is 4. The summed E-state index contributed by atoms with van der Waals surface area (Å²) in [7, 11) is 3.95. The van der Waals surface area contributed by atoms with Gasteiger partial charge >= 0.3 is 11.8 Å². The van der Waals surface area contributed by atoms with Gasteiger partial charge in [0.1, 0.15) is 18.2 Å². The first-order chi connectivity index (χ1) is 28.7. The highest BCUT2D eigenvalue weighted by molar-refractivity contribution is 9.11. The molecule has 0 saturated carbocycles. The van der Waals surface area contributed by atoms with Crippen molar-refractivity contribution >= 4 is 54.8 Å². The lowest BCUT2D eigenvalue weighted by molar-refractivity contribution is -0.906. The molecule has 6 heterocycles. The summed E-state index contributed by atoms with van der Waals surface area (Å²) in [5.74, 6) is 2.40. The fourth-order valence-corrected chi connectivity index (χ4v) is 6.67. The molecule has 2 aromatic carbocycles. The number of benzene rings is 2. The number of likely N-dealkylation sites (N-methyl/N-ethyl adjacent to an activating group) is 1. The smallest absolute Gasteiger partial charge is 0.416 e. The Kier molecular flexibility index (Phi) is 13.1. The van der Waals surface area contributed by atoms with E-state index in [0.29, 0.717) is 38.1 Å². The summed E-state index contributed by atoms with van der Waals surface area (Å²) >= 11 is 7.04. The van der Waals surface area contributed by atoms with Crippen molar-refractivity contribution in [2.75, 3.05) is 44.5 Å². The van der Waals surface area contributed by atoms with E-state index in [-0.39, 0.29) is 0 Å². The van der Waals surface area contributed by atoms with Crippen molar-refractivity contribution < 1.29 is 29.3 Å². The Balaban J connectivity index is 0.000000180. The number of ether oxygens (including phenoxy) is 2. The molecule has 0 amide bonds. The van der Waals surface area contributed by atoms with Crippen LogP contribution < -0.4 is 29.6 Å². The molecule has 0 fully saturated rings. The summed E-state index contributed by atoms with van der Waals surface area (Å²) < 4.78 is 18.1. The zero-order chi connectivity index (χ0) is 41.3. The van der Waals surface area contributed by atoms with E-state index < -0.39 is 0 Å². The topological polar surface area (TPSA) is 154 Å². The quantitative estimate of drug-likeness (QED) is 0.0664. The maximum Gasteiger partial charge on any atom is 0.416 e. The number of aromatic nitrogens is 8. The fraction of sp³-hybridized carbons (Fsp3) is 0.190. The van der Waals surface area contributed by atoms with Gasteiger partial charge in [0.2, 0.25) is 12.4 Å². The lowest BCUT2D eigenvalue weighted by Crippen LogP contribution is -2.34. The second kappa shape index (κ2) is 19.0. The average Bonchev–Trinajstić information content (AvgIpc) is 3.82. The van der Waals surface area contributed by atoms with Crippen LogP contribution in [0.2, 0.25) is 0 Å². The lowest BCUT2D eigenvalue weighted by atomic mass is 10.1. The molecule has 8 rings (SSSR count). The van der Waals surface area contributed by atoms with Crippen molar-refractivity contribution in [3.05, 3.63) is 142 Å². The number of rotatable bonds is 14. The van der Waals surface area contributed by atoms with Gasteiger partial charge < -0.3 is 25.0 Å². The molecule has 0 unspecified atom stereocenters. The molecular weight excluding hydrogens is 882 g/mol. The van der Waals surface area contributed by atoms with Crippen molar-refractivity contribution in [3.63, 3.8) is 0 Å². The molecule has 0 saturated heterocycles. The maximum absolute atomic E-state index is 10.2. The normalized spacial score (nSPS) is 11.1. The predicted octanol–water partition coefficient (Wildman–Crippen LogP) is 6.93. The van der Waals surface area contributed by atoms with Crippen LogP contribution in [0.15, 0.2) is 131 Å². The van der Waals surface area contributed by atoms with Crippen molar-refractivity contribution in [3.8, 4) is 34.3 Å². The molecule has 8 aromatic rings. The third kappa shape index (κ3) is 10.1. The molecule has 4 N–H and O–H groups in total. The Morgan fingerprint density at radius 1 is 0.661 bits per heavy atom. The highest BCUT2D eigenvalue weighted by atomic mass is 79.9. The van der Waals surface area contributed by atoms with Crippen LogP contribution in [0.1, 0.15) is 18.1 Å². The summed E-state index contributed by atoms with van der Waals surface area (Å²) in [6, 6.07) is 31.2. The highest BCUT2D eigenvalue weighted by Gasteiger charge is 2.17. The van der Waals surface area contributed by atoms with Crippen molar-refractivity contribution in [2.45, 2.75) is 20.0 Å². The van der Waals surface area contributed by atoms with E-state index in [1.165, 1.54) is 0 Å². The summed E-state index contributed by atoms with van der Waals surface area (Å²) in [4.78, 5) is 11.5. The Morgan fingerprint density at radius 3 is 1.54 bits per heavy atom. The van der Waals surface area contributed by atoms with Gasteiger partial charge in [0.25, 0.3) is 0 Å². The number of nitrogens with zero attached hydrogens (tertiary/aromatic N) is 9. The van der Waals surface area contributed by atoms with Crippen LogP contribution in [0.3, 0.4) is 0 Å². The van der Waals surface area contributed by atoms with E-state index in [1.807, 2.05) is 111 Å². The van der Waals surface area contributed by atoms with Crippen LogP contribution >= 0.6 is 31.9 Å². The molecule has 0 aliphatic rings. The Bertz CT molecular complexity index is 2660. The third-order valence-corrected chi connectivity index (χ3v) is 10.1. The van der Waals surface area contributed by atoms with Gasteiger partial charge in [-0.2, -0.15) is 19.2 Å². The first-order valence-electron chi connectivity index (χ1n) is 18.7. The van der Waals surface area contributed by atoms with E-state index in [4.69, 9.17) is 19.4 Å². The summed E-state index contributed by atoms with van der Waals surface area (Å²) in [5.41, 5.74) is 6.98. The second-order valence-electron chi connectivity index (χ2n) is 13.5. The van der Waals surface area contributed by atoms with Crippen molar-refractivity contribution in [1.82, 2.24) is 34.1 Å². The van der Waals surface area contributed by atoms with Crippen LogP contribution in [0.25, 0.3) is 33.8 Å². The first kappa shape index (κ1) is 40.9. The molecule has 59 heavy (non-hydrogen) atoms. The predicted molar refractivity (Wildman–Crippen MR) is 230 cm³/mol. The number of halogens is 2. The van der Waals surface area contributed by atoms with E-state index >= 15 is 0 Å². The van der Waals surface area contributed by atoms with Crippen LogP contribution in [0, 0.1) is 0 Å². The van der Waals surface area contributed by atoms with Gasteiger partial charge in [0.15, 0.2) is 11.3 Å². The van der Waals surface area contributed by atoms with Gasteiger partial charge in [-0.3, -0.25) is 10.4 Å². The third-order valence-electron chi connectivity index (χ3n) is 8.93. The number of hydrogen-bond acceptors (Lipinski definition) is 11. The van der Waals surface area contributed by atoms with Gasteiger partial charge in [-0.05, 0) is 65.0 Å². The van der Waals surface area contributed by atoms with E-state index in [9.17, 15) is 10.4 Å². The monoisotopic (exact) mass is 923 g/mol. The fourth-order valence-electron chi connectivity index (χ4n) is 5.98. The van der Waals surface area contributed by atoms with Gasteiger partial charge in [-0.15, -0.1) is 0 Å². The molecular formula is C42H43Br2N11O4+2. The molecule has 15 nitrogen and oxygen atoms in total. The molecule has 0 aliphatic carbocycles. The largest absolute Gasteiger partial charge is 0.442 e. The van der Waals surface area contributed by atoms with E-state index in [0.717, 1.165) is 81.5 Å². The maximum atomic E-state index is 10.2. The molecule has 0 bridgehead atoms. The number of anilines is 2. The van der Waals surface area contributed by atoms with Crippen molar-refractivity contribution in [2.24, 2.45) is 0 Å². The van der Waals surface area contributed by atoms with Crippen molar-refractivity contribution in [1.29, 1.82) is 0 Å². The molecule has 17 heteroatoms. The molecule has 6 aromatic heterocycles. The molecule has 0 atom stereocenters. The van der Waals surface area contributed by atoms with E-state index in [1.54, 1.807) is 46.0 Å². The number of pyridine rings is 2. The van der Waals surface area contributed by atoms with Crippen LogP contribution in [0.4, 0.5) is 11.6 Å². The zero-order valence-electron chi connectivity index (χ0n) is 32.6. The Morgan fingerprint density at radius 2 is 1.12 bits per heavy atom. The Labute approximate surface area is 357 Å². The Hall–Kier alpha value is -6.30. The number of fused-ring (bicyclic) bond motifs is 2. The molecule has 302 valence electrons. The zero-order valence-corrected chi connectivity index (χ0v) is 35.7. The standard InChI is InChI=1S/C22H24BrN6O2.C20H19BrN5O2/c1-27(2)10-11-31-21-9-8-16(15-28(21)30)13-24-20-12-19(17-6-4-3-5-7-17)26-22-18(23)14-25-29(20)22;1-2-28-19-9-8-14(13-25(19)27)11-22-18-10-17(15-6-4-3-5-7-15)24-20-16(21)12-23-26(18)20/h3-9,12,14-15,24,30H,10-11,13H2,1-2H3;3-10,12-13,22,27H,2,11H2,1H3/q2*+1. The van der Waals surface area contributed by atoms with E-state index in [2.05, 4.69) is 52.7 Å². The van der Waals surface area contributed by atoms with Crippen LogP contribution in [0.5, 0.6) is 11.8 Å². The van der Waals surface area contributed by atoms with Gasteiger partial charge in [-0.1, -0.05) is 60.7 Å². The lowest BCUT2D eigenvalue weighted by Gasteiger charge is -2.11. The van der Waals surface area contributed by atoms with Gasteiger partial charge in [0, 0.05) is 63.5 Å². The second-order valence-corrected chi connectivity index (χ2v) is 15.2. The van der Waals surface area contributed by atoms with Crippen LogP contribution in [-0.2, 0) is 13.1 Å². The average molecular weight is 926 g/mol. The highest BCUT2D eigenvalue weighted by Crippen LogP contribution is 2.28. The molecule has 0 radical (unpaired) electrons. The summed E-state index contributed by atoms with van der Waals surface area (Å²) in [5, 5.41) is 35.8. The summed E-state index contributed by atoms with van der Waals surface area (Å²) in [6.07, 6.45) is 6.70. The minimum atomic E-state index is 0.402. The first-order valence-corrected chi connectivity index (χ1v) is 20.3. The minimum absolute atomic E-state index is 0.402. The molecule has 0 spiro atoms. The van der Waals surface area contributed by atoms with Gasteiger partial charge in [0.05, 0.1) is 51.5 Å². The molecule has 0 aliphatic heterocycles.